The predicted molar refractivity (Wildman–Crippen MR) is 116 cm³/mol. The van der Waals surface area contributed by atoms with Crippen LogP contribution in [0.15, 0.2) is 84.9 Å². The zero-order valence-electron chi connectivity index (χ0n) is 15.8. The molecular weight excluding hydrogens is 366 g/mol. The number of carbonyl (C=O) groups is 1. The lowest BCUT2D eigenvalue weighted by atomic mass is 9.92. The van der Waals surface area contributed by atoms with E-state index in [1.54, 1.807) is 18.9 Å². The standard InChI is InChI=1S/C24H23NO2S/c1-27-21-14-12-19(13-15-21)22-23(28-17-16-18-8-4-2-5-9-18)24(26)25(22)20-10-6-3-7-11-20/h2-15,22-23H,16-17H2,1H3/t22-,23?/m0/s1. The van der Waals surface area contributed by atoms with Crippen LogP contribution in [0.4, 0.5) is 5.69 Å². The van der Waals surface area contributed by atoms with E-state index >= 15 is 0 Å². The van der Waals surface area contributed by atoms with Crippen molar-refractivity contribution in [1.82, 2.24) is 0 Å². The van der Waals surface area contributed by atoms with Crippen LogP contribution in [0.25, 0.3) is 0 Å². The number of hydrogen-bond acceptors (Lipinski definition) is 3. The second-order valence-corrected chi connectivity index (χ2v) is 8.04. The first-order chi connectivity index (χ1) is 13.8. The topological polar surface area (TPSA) is 29.5 Å². The van der Waals surface area contributed by atoms with Gasteiger partial charge in [-0.25, -0.2) is 0 Å². The van der Waals surface area contributed by atoms with E-state index in [0.717, 1.165) is 29.2 Å². The van der Waals surface area contributed by atoms with Gasteiger partial charge in [0.05, 0.1) is 13.2 Å². The molecule has 0 aliphatic carbocycles. The summed E-state index contributed by atoms with van der Waals surface area (Å²) in [6.45, 7) is 0. The van der Waals surface area contributed by atoms with Crippen LogP contribution in [0.2, 0.25) is 0 Å². The Morgan fingerprint density at radius 3 is 2.18 bits per heavy atom. The minimum absolute atomic E-state index is 0.0431. The Morgan fingerprint density at radius 2 is 1.54 bits per heavy atom. The molecule has 0 N–H and O–H groups in total. The number of anilines is 1. The number of nitrogens with zero attached hydrogens (tertiary/aromatic N) is 1. The van der Waals surface area contributed by atoms with Gasteiger partial charge in [-0.05, 0) is 47.6 Å². The summed E-state index contributed by atoms with van der Waals surface area (Å²) in [6.07, 6.45) is 0.968. The number of methoxy groups -OCH3 is 1. The monoisotopic (exact) mass is 389 g/mol. The molecule has 1 amide bonds. The molecule has 1 aliphatic rings. The van der Waals surface area contributed by atoms with Crippen LogP contribution in [0.3, 0.4) is 0 Å². The third-order valence-electron chi connectivity index (χ3n) is 5.07. The van der Waals surface area contributed by atoms with Crippen molar-refractivity contribution in [3.63, 3.8) is 0 Å². The molecule has 4 rings (SSSR count). The molecule has 28 heavy (non-hydrogen) atoms. The van der Waals surface area contributed by atoms with Crippen LogP contribution in [0, 0.1) is 0 Å². The fourth-order valence-corrected chi connectivity index (χ4v) is 4.90. The smallest absolute Gasteiger partial charge is 0.243 e. The SMILES string of the molecule is COc1ccc([C@H]2C(SCCc3ccccc3)C(=O)N2c2ccccc2)cc1. The number of ether oxygens (including phenoxy) is 1. The summed E-state index contributed by atoms with van der Waals surface area (Å²) in [5, 5.41) is -0.0580. The number of para-hydroxylation sites is 1. The molecule has 142 valence electrons. The van der Waals surface area contributed by atoms with Crippen LogP contribution in [0.1, 0.15) is 17.2 Å². The Labute approximate surface area is 170 Å². The van der Waals surface area contributed by atoms with Crippen LogP contribution in [0.5, 0.6) is 5.75 Å². The van der Waals surface area contributed by atoms with Gasteiger partial charge >= 0.3 is 0 Å². The van der Waals surface area contributed by atoms with Crippen molar-refractivity contribution in [3.05, 3.63) is 96.1 Å². The lowest BCUT2D eigenvalue weighted by Crippen LogP contribution is -2.57. The van der Waals surface area contributed by atoms with Crippen LogP contribution >= 0.6 is 11.8 Å². The maximum absolute atomic E-state index is 13.0. The van der Waals surface area contributed by atoms with Gasteiger partial charge in [-0.1, -0.05) is 60.7 Å². The summed E-state index contributed by atoms with van der Waals surface area (Å²) in [5.74, 6) is 1.94. The molecule has 3 aromatic rings. The number of hydrogen-bond donors (Lipinski definition) is 0. The third kappa shape index (κ3) is 3.78. The lowest BCUT2D eigenvalue weighted by molar-refractivity contribution is -0.123. The fraction of sp³-hybridized carbons (Fsp3) is 0.208. The summed E-state index contributed by atoms with van der Waals surface area (Å²) < 4.78 is 5.29. The van der Waals surface area contributed by atoms with Crippen molar-refractivity contribution in [1.29, 1.82) is 0 Å². The number of amides is 1. The van der Waals surface area contributed by atoms with Gasteiger partial charge in [-0.15, -0.1) is 11.8 Å². The Bertz CT molecular complexity index is 912. The normalized spacial score (nSPS) is 18.6. The molecule has 3 aromatic carbocycles. The molecule has 1 heterocycles. The molecule has 1 unspecified atom stereocenters. The maximum Gasteiger partial charge on any atom is 0.243 e. The van der Waals surface area contributed by atoms with Gasteiger partial charge in [0, 0.05) is 5.69 Å². The first kappa shape index (κ1) is 18.6. The number of thioether (sulfide) groups is 1. The first-order valence-electron chi connectivity index (χ1n) is 9.45. The number of rotatable bonds is 7. The molecule has 0 aromatic heterocycles. The molecule has 4 heteroatoms. The molecule has 1 aliphatic heterocycles. The van der Waals surface area contributed by atoms with E-state index in [0.29, 0.717) is 0 Å². The van der Waals surface area contributed by atoms with E-state index in [1.165, 1.54) is 5.56 Å². The summed E-state index contributed by atoms with van der Waals surface area (Å²) in [5.41, 5.74) is 3.40. The van der Waals surface area contributed by atoms with Crippen molar-refractivity contribution in [2.45, 2.75) is 17.7 Å². The van der Waals surface area contributed by atoms with E-state index < -0.39 is 0 Å². The van der Waals surface area contributed by atoms with E-state index in [9.17, 15) is 4.79 Å². The highest BCUT2D eigenvalue weighted by molar-refractivity contribution is 8.00. The number of aryl methyl sites for hydroxylation is 1. The minimum Gasteiger partial charge on any atom is -0.497 e. The largest absolute Gasteiger partial charge is 0.497 e. The van der Waals surface area contributed by atoms with E-state index in [4.69, 9.17) is 4.74 Å². The van der Waals surface area contributed by atoms with Crippen molar-refractivity contribution in [2.75, 3.05) is 17.8 Å². The summed E-state index contributed by atoms with van der Waals surface area (Å²) in [6, 6.07) is 28.5. The highest BCUT2D eigenvalue weighted by Gasteiger charge is 2.48. The van der Waals surface area contributed by atoms with Gasteiger partial charge < -0.3 is 9.64 Å². The second kappa shape index (κ2) is 8.53. The maximum atomic E-state index is 13.0. The summed E-state index contributed by atoms with van der Waals surface area (Å²) in [4.78, 5) is 14.9. The Balaban J connectivity index is 1.53. The van der Waals surface area contributed by atoms with Crippen molar-refractivity contribution in [2.24, 2.45) is 0 Å². The molecule has 3 nitrogen and oxygen atoms in total. The molecule has 2 atom stereocenters. The Hall–Kier alpha value is -2.72. The first-order valence-corrected chi connectivity index (χ1v) is 10.5. The summed E-state index contributed by atoms with van der Waals surface area (Å²) >= 11 is 1.75. The molecule has 1 fully saturated rings. The number of benzene rings is 3. The van der Waals surface area contributed by atoms with Crippen LogP contribution in [-0.4, -0.2) is 24.0 Å². The summed E-state index contributed by atoms with van der Waals surface area (Å²) in [7, 11) is 1.67. The highest BCUT2D eigenvalue weighted by atomic mass is 32.2. The average molecular weight is 390 g/mol. The highest BCUT2D eigenvalue weighted by Crippen LogP contribution is 2.45. The number of carbonyl (C=O) groups excluding carboxylic acids is 1. The molecule has 0 saturated carbocycles. The van der Waals surface area contributed by atoms with Gasteiger partial charge in [0.2, 0.25) is 5.91 Å². The zero-order chi connectivity index (χ0) is 19.3. The molecule has 0 spiro atoms. The predicted octanol–water partition coefficient (Wildman–Crippen LogP) is 5.13. The Morgan fingerprint density at radius 1 is 0.893 bits per heavy atom. The van der Waals surface area contributed by atoms with Crippen molar-refractivity contribution >= 4 is 23.4 Å². The molecular formula is C24H23NO2S. The van der Waals surface area contributed by atoms with E-state index in [1.807, 2.05) is 53.4 Å². The quantitative estimate of drug-likeness (QED) is 0.525. The average Bonchev–Trinajstić information content (AvgIpc) is 2.76. The minimum atomic E-state index is -0.0580. The van der Waals surface area contributed by atoms with Crippen LogP contribution in [-0.2, 0) is 11.2 Å². The molecule has 1 saturated heterocycles. The molecule has 0 bridgehead atoms. The van der Waals surface area contributed by atoms with E-state index in [-0.39, 0.29) is 17.2 Å². The lowest BCUT2D eigenvalue weighted by Gasteiger charge is -2.47. The zero-order valence-corrected chi connectivity index (χ0v) is 16.6. The van der Waals surface area contributed by atoms with Gasteiger partial charge in [0.15, 0.2) is 0 Å². The fourth-order valence-electron chi connectivity index (χ4n) is 3.57. The van der Waals surface area contributed by atoms with Gasteiger partial charge in [-0.2, -0.15) is 0 Å². The van der Waals surface area contributed by atoms with E-state index in [2.05, 4.69) is 36.4 Å². The number of β-lactam (4-membered cyclic amide) rings is 1. The van der Waals surface area contributed by atoms with Crippen LogP contribution < -0.4 is 9.64 Å². The van der Waals surface area contributed by atoms with Crippen molar-refractivity contribution < 1.29 is 9.53 Å². The van der Waals surface area contributed by atoms with Gasteiger partial charge in [0.25, 0.3) is 0 Å². The molecule has 0 radical (unpaired) electrons. The second-order valence-electron chi connectivity index (χ2n) is 6.79. The van der Waals surface area contributed by atoms with Gasteiger partial charge in [-0.3, -0.25) is 4.79 Å². The third-order valence-corrected chi connectivity index (χ3v) is 6.33. The van der Waals surface area contributed by atoms with Crippen molar-refractivity contribution in [3.8, 4) is 5.75 Å². The van der Waals surface area contributed by atoms with Gasteiger partial charge in [0.1, 0.15) is 11.0 Å². The Kier molecular flexibility index (Phi) is 5.68.